The average molecular weight is 889 g/mol. The molecule has 2 aromatic heterocycles. The first-order valence-corrected chi connectivity index (χ1v) is 21.1. The number of pyridine rings is 1. The second-order valence-electron chi connectivity index (χ2n) is 16.0. The molecule has 9 rings (SSSR count). The molecule has 0 amide bonds. The SMILES string of the molecule is C=C(N)Sc1c(F)ccc(-c2c(C(F)(F)F)c3c4c(nc(OC)nc4c2F)N(Cc2cccnc2N)CCO3)c1C#N.CCC1CCOCC1.FC1(F)CC12CC1CCCN1C2. The van der Waals surface area contributed by atoms with Crippen molar-refractivity contribution >= 4 is 34.3 Å². The van der Waals surface area contributed by atoms with Crippen LogP contribution in [0.4, 0.5) is 42.4 Å². The van der Waals surface area contributed by atoms with Crippen LogP contribution in [0.3, 0.4) is 0 Å². The molecule has 62 heavy (non-hydrogen) atoms. The van der Waals surface area contributed by atoms with E-state index >= 15 is 4.39 Å². The van der Waals surface area contributed by atoms with Crippen molar-refractivity contribution < 1.29 is 44.9 Å². The highest BCUT2D eigenvalue weighted by Gasteiger charge is 2.74. The predicted molar refractivity (Wildman–Crippen MR) is 221 cm³/mol. The number of aromatic nitrogens is 3. The molecule has 0 bridgehead atoms. The van der Waals surface area contributed by atoms with E-state index in [4.69, 9.17) is 25.7 Å². The lowest BCUT2D eigenvalue weighted by Crippen LogP contribution is -2.28. The number of nitrogens with zero attached hydrogens (tertiary/aromatic N) is 6. The van der Waals surface area contributed by atoms with E-state index in [2.05, 4.69) is 33.4 Å². The summed E-state index contributed by atoms with van der Waals surface area (Å²) in [4.78, 5) is 15.7. The Morgan fingerprint density at radius 1 is 1.11 bits per heavy atom. The number of nitrogen functional groups attached to an aromatic ring is 1. The molecule has 1 aliphatic carbocycles. The minimum atomic E-state index is -5.20. The quantitative estimate of drug-likeness (QED) is 0.135. The van der Waals surface area contributed by atoms with Crippen molar-refractivity contribution in [3.8, 4) is 29.0 Å². The van der Waals surface area contributed by atoms with E-state index in [1.54, 1.807) is 23.1 Å². The Morgan fingerprint density at radius 2 is 1.85 bits per heavy atom. The molecule has 4 fully saturated rings. The van der Waals surface area contributed by atoms with Crippen LogP contribution in [0.5, 0.6) is 11.8 Å². The standard InChI is InChI=1S/C27H20F5N7O2S.C9H13F2N.C7H14O/c1-12(34)42-23-15(10-33)14(5-6-16(23)28)17-19(27(30,31)32)22-18-21(20(17)29)37-26(40-2)38-25(18)39(8-9-41-22)11-13-4-3-7-36-24(13)35;10-9(11)5-8(9)4-7-2-1-3-12(7)6-8;1-2-7-3-5-8-6-4-7/h3-7H,1,8-9,11,34H2,2H3,(H2,35,36);7H,1-6H2;7H,2-6H2,1H3. The third-order valence-electron chi connectivity index (χ3n) is 12.1. The van der Waals surface area contributed by atoms with Gasteiger partial charge in [0.25, 0.3) is 5.92 Å². The fourth-order valence-corrected chi connectivity index (χ4v) is 9.52. The lowest BCUT2D eigenvalue weighted by atomic mass is 9.92. The summed E-state index contributed by atoms with van der Waals surface area (Å²) >= 11 is 0.526. The molecular formula is C43H47F7N8O3S. The van der Waals surface area contributed by atoms with Crippen molar-refractivity contribution in [1.29, 1.82) is 5.26 Å². The average Bonchev–Trinajstić information content (AvgIpc) is 3.42. The van der Waals surface area contributed by atoms with Gasteiger partial charge in [0.1, 0.15) is 47.0 Å². The third-order valence-corrected chi connectivity index (χ3v) is 13.0. The predicted octanol–water partition coefficient (Wildman–Crippen LogP) is 9.08. The van der Waals surface area contributed by atoms with Crippen LogP contribution in [0.15, 0.2) is 47.0 Å². The Kier molecular flexibility index (Phi) is 13.0. The molecule has 4 aliphatic heterocycles. The van der Waals surface area contributed by atoms with Gasteiger partial charge >= 0.3 is 12.2 Å². The van der Waals surface area contributed by atoms with Crippen molar-refractivity contribution in [2.45, 2.75) is 81.5 Å². The second kappa shape index (κ2) is 18.0. The minimum absolute atomic E-state index is 0.0198. The number of hydrogen-bond acceptors (Lipinski definition) is 12. The first kappa shape index (κ1) is 45.0. The summed E-state index contributed by atoms with van der Waals surface area (Å²) in [6.07, 6.45) is 3.48. The molecule has 332 valence electrons. The highest BCUT2D eigenvalue weighted by atomic mass is 32.2. The van der Waals surface area contributed by atoms with Gasteiger partial charge in [-0.1, -0.05) is 37.8 Å². The number of nitriles is 1. The monoisotopic (exact) mass is 888 g/mol. The van der Waals surface area contributed by atoms with Crippen molar-refractivity contribution in [1.82, 2.24) is 19.9 Å². The van der Waals surface area contributed by atoms with E-state index in [0.29, 0.717) is 29.9 Å². The summed E-state index contributed by atoms with van der Waals surface area (Å²) in [5.74, 6) is -4.42. The lowest BCUT2D eigenvalue weighted by Gasteiger charge is -2.24. The van der Waals surface area contributed by atoms with Crippen LogP contribution in [0.2, 0.25) is 0 Å². The number of benzene rings is 2. The zero-order chi connectivity index (χ0) is 44.6. The molecule has 1 spiro atoms. The maximum Gasteiger partial charge on any atom is 0.420 e. The number of ether oxygens (including phenoxy) is 3. The van der Waals surface area contributed by atoms with Crippen molar-refractivity contribution in [3.05, 3.63) is 70.4 Å². The number of fused-ring (bicyclic) bond motifs is 1. The molecule has 11 nitrogen and oxygen atoms in total. The Morgan fingerprint density at radius 3 is 2.45 bits per heavy atom. The highest BCUT2D eigenvalue weighted by molar-refractivity contribution is 8.03. The summed E-state index contributed by atoms with van der Waals surface area (Å²) < 4.78 is 118. The van der Waals surface area contributed by atoms with Gasteiger partial charge in [-0.05, 0) is 62.8 Å². The summed E-state index contributed by atoms with van der Waals surface area (Å²) in [6.45, 7) is 9.22. The van der Waals surface area contributed by atoms with E-state index in [1.807, 2.05) is 0 Å². The Labute approximate surface area is 358 Å². The Balaban J connectivity index is 0.000000232. The number of halogens is 7. The van der Waals surface area contributed by atoms with Gasteiger partial charge < -0.3 is 30.6 Å². The molecule has 4 N–H and O–H groups in total. The number of methoxy groups -OCH3 is 1. The van der Waals surface area contributed by atoms with Crippen molar-refractivity contribution in [2.24, 2.45) is 17.1 Å². The van der Waals surface area contributed by atoms with Crippen LogP contribution in [-0.2, 0) is 17.5 Å². The molecule has 2 unspecified atom stereocenters. The number of alkyl halides is 5. The molecule has 1 saturated carbocycles. The van der Waals surface area contributed by atoms with Crippen LogP contribution in [0.25, 0.3) is 22.0 Å². The molecule has 0 radical (unpaired) electrons. The summed E-state index contributed by atoms with van der Waals surface area (Å²) in [7, 11) is 1.21. The molecular weight excluding hydrogens is 842 g/mol. The highest BCUT2D eigenvalue weighted by Crippen LogP contribution is 2.67. The first-order valence-electron chi connectivity index (χ1n) is 20.3. The summed E-state index contributed by atoms with van der Waals surface area (Å²) in [5.41, 5.74) is 7.28. The van der Waals surface area contributed by atoms with Gasteiger partial charge in [0.2, 0.25) is 0 Å². The molecule has 5 aliphatic rings. The van der Waals surface area contributed by atoms with E-state index < -0.39 is 67.6 Å². The van der Waals surface area contributed by atoms with Gasteiger partial charge in [0, 0.05) is 61.7 Å². The van der Waals surface area contributed by atoms with Crippen LogP contribution in [-0.4, -0.2) is 78.4 Å². The summed E-state index contributed by atoms with van der Waals surface area (Å²) in [5, 5.41) is 9.40. The van der Waals surface area contributed by atoms with Gasteiger partial charge in [0.05, 0.1) is 39.9 Å². The number of anilines is 2. The van der Waals surface area contributed by atoms with Crippen molar-refractivity contribution in [3.63, 3.8) is 0 Å². The second-order valence-corrected chi connectivity index (χ2v) is 17.2. The van der Waals surface area contributed by atoms with E-state index in [1.165, 1.54) is 39.0 Å². The van der Waals surface area contributed by atoms with Crippen LogP contribution < -0.4 is 25.8 Å². The molecule has 4 aromatic rings. The van der Waals surface area contributed by atoms with Gasteiger partial charge in [-0.3, -0.25) is 4.90 Å². The van der Waals surface area contributed by atoms with Crippen LogP contribution in [0.1, 0.15) is 68.6 Å². The van der Waals surface area contributed by atoms with Gasteiger partial charge in [-0.15, -0.1) is 0 Å². The van der Waals surface area contributed by atoms with Gasteiger partial charge in [-0.25, -0.2) is 22.5 Å². The lowest BCUT2D eigenvalue weighted by molar-refractivity contribution is -0.138. The Bertz CT molecular complexity index is 2360. The van der Waals surface area contributed by atoms with Crippen molar-refractivity contribution in [2.75, 3.05) is 57.2 Å². The minimum Gasteiger partial charge on any atom is -0.490 e. The zero-order valence-electron chi connectivity index (χ0n) is 34.3. The van der Waals surface area contributed by atoms with E-state index in [-0.39, 0.29) is 54.2 Å². The molecule has 6 heterocycles. The molecule has 3 saturated heterocycles. The fourth-order valence-electron chi connectivity index (χ4n) is 8.83. The van der Waals surface area contributed by atoms with Crippen LogP contribution in [0, 0.1) is 34.3 Å². The smallest absolute Gasteiger partial charge is 0.420 e. The number of thioether (sulfide) groups is 1. The molecule has 2 aromatic carbocycles. The first-order chi connectivity index (χ1) is 29.5. The van der Waals surface area contributed by atoms with E-state index in [0.717, 1.165) is 50.7 Å². The van der Waals surface area contributed by atoms with Crippen LogP contribution >= 0.6 is 11.8 Å². The third kappa shape index (κ3) is 8.91. The van der Waals surface area contributed by atoms with E-state index in [9.17, 15) is 31.6 Å². The Hall–Kier alpha value is -5.06. The zero-order valence-corrected chi connectivity index (χ0v) is 35.1. The molecule has 19 heteroatoms. The number of hydrogen-bond donors (Lipinski definition) is 2. The van der Waals surface area contributed by atoms with Gasteiger partial charge in [-0.2, -0.15) is 28.4 Å². The largest absolute Gasteiger partial charge is 0.490 e. The fraction of sp³-hybridized carbons (Fsp3) is 0.488. The normalized spacial score (nSPS) is 21.5. The number of nitrogens with two attached hydrogens (primary N) is 2. The topological polar surface area (TPSA) is 149 Å². The maximum absolute atomic E-state index is 16.5. The molecule has 2 atom stereocenters. The maximum atomic E-state index is 16.5. The van der Waals surface area contributed by atoms with Gasteiger partial charge in [0.15, 0.2) is 5.82 Å². The number of rotatable bonds is 7. The summed E-state index contributed by atoms with van der Waals surface area (Å²) in [6, 6.07) is 6.86.